The van der Waals surface area contributed by atoms with Crippen LogP contribution in [0.2, 0.25) is 0 Å². The van der Waals surface area contributed by atoms with Gasteiger partial charge in [0.25, 0.3) is 0 Å². The molecule has 9 heavy (non-hydrogen) atoms. The van der Waals surface area contributed by atoms with E-state index < -0.39 is 10.6 Å². The third kappa shape index (κ3) is 1.49. The first-order chi connectivity index (χ1) is 4.17. The molecule has 0 aromatic rings. The standard InChI is InChI=1S/C5H8Cl2O2/c1-8-4-5(6,7)2-3-9-4/h4H,2-3H2,1H3/t4-/m1/s1. The first-order valence-electron chi connectivity index (χ1n) is 2.69. The van der Waals surface area contributed by atoms with Crippen LogP contribution in [-0.4, -0.2) is 24.3 Å². The second kappa shape index (κ2) is 2.62. The van der Waals surface area contributed by atoms with Crippen LogP contribution >= 0.6 is 23.2 Å². The van der Waals surface area contributed by atoms with Gasteiger partial charge in [0, 0.05) is 13.5 Å². The Morgan fingerprint density at radius 3 is 2.56 bits per heavy atom. The third-order valence-corrected chi connectivity index (χ3v) is 2.00. The maximum Gasteiger partial charge on any atom is 0.190 e. The minimum Gasteiger partial charge on any atom is -0.353 e. The van der Waals surface area contributed by atoms with Gasteiger partial charge in [0.15, 0.2) is 10.6 Å². The molecule has 1 aliphatic heterocycles. The van der Waals surface area contributed by atoms with Crippen LogP contribution in [0.15, 0.2) is 0 Å². The van der Waals surface area contributed by atoms with Gasteiger partial charge < -0.3 is 9.47 Å². The van der Waals surface area contributed by atoms with Crippen LogP contribution in [0.3, 0.4) is 0 Å². The van der Waals surface area contributed by atoms with Crippen molar-refractivity contribution < 1.29 is 9.47 Å². The lowest BCUT2D eigenvalue weighted by molar-refractivity contribution is -0.0916. The molecule has 1 fully saturated rings. The zero-order valence-corrected chi connectivity index (χ0v) is 6.58. The molecule has 1 heterocycles. The van der Waals surface area contributed by atoms with Crippen molar-refractivity contribution in [1.82, 2.24) is 0 Å². The normalized spacial score (nSPS) is 33.0. The van der Waals surface area contributed by atoms with Crippen molar-refractivity contribution in [2.24, 2.45) is 0 Å². The highest BCUT2D eigenvalue weighted by Gasteiger charge is 2.41. The van der Waals surface area contributed by atoms with Gasteiger partial charge in [0.05, 0.1) is 6.61 Å². The molecule has 0 N–H and O–H groups in total. The number of hydrogen-bond donors (Lipinski definition) is 0. The number of alkyl halides is 2. The Morgan fingerprint density at radius 2 is 2.33 bits per heavy atom. The summed E-state index contributed by atoms with van der Waals surface area (Å²) in [7, 11) is 1.52. The highest BCUT2D eigenvalue weighted by Crippen LogP contribution is 2.36. The van der Waals surface area contributed by atoms with Gasteiger partial charge in [-0.25, -0.2) is 0 Å². The van der Waals surface area contributed by atoms with E-state index >= 15 is 0 Å². The van der Waals surface area contributed by atoms with Crippen molar-refractivity contribution in [3.8, 4) is 0 Å². The molecule has 0 amide bonds. The van der Waals surface area contributed by atoms with E-state index in [9.17, 15) is 0 Å². The number of halogens is 2. The number of hydrogen-bond acceptors (Lipinski definition) is 2. The molecule has 4 heteroatoms. The van der Waals surface area contributed by atoms with Gasteiger partial charge in [0.1, 0.15) is 0 Å². The third-order valence-electron chi connectivity index (χ3n) is 1.26. The zero-order valence-electron chi connectivity index (χ0n) is 5.06. The first-order valence-corrected chi connectivity index (χ1v) is 3.44. The average Bonchev–Trinajstić information content (AvgIpc) is 2.08. The molecular formula is C5H8Cl2O2. The number of rotatable bonds is 1. The highest BCUT2D eigenvalue weighted by atomic mass is 35.5. The van der Waals surface area contributed by atoms with E-state index in [0.29, 0.717) is 13.0 Å². The van der Waals surface area contributed by atoms with Crippen molar-refractivity contribution in [2.45, 2.75) is 17.0 Å². The predicted octanol–water partition coefficient (Wildman–Crippen LogP) is 1.55. The Labute approximate surface area is 64.0 Å². The van der Waals surface area contributed by atoms with Crippen LogP contribution < -0.4 is 0 Å². The van der Waals surface area contributed by atoms with E-state index in [0.717, 1.165) is 0 Å². The van der Waals surface area contributed by atoms with Gasteiger partial charge >= 0.3 is 0 Å². The smallest absolute Gasteiger partial charge is 0.190 e. The van der Waals surface area contributed by atoms with Gasteiger partial charge in [0.2, 0.25) is 0 Å². The lowest BCUT2D eigenvalue weighted by Gasteiger charge is -2.17. The SMILES string of the molecule is CO[C@@H]1OCCC1(Cl)Cl. The molecule has 54 valence electrons. The topological polar surface area (TPSA) is 18.5 Å². The van der Waals surface area contributed by atoms with Crippen LogP contribution in [0.1, 0.15) is 6.42 Å². The summed E-state index contributed by atoms with van der Waals surface area (Å²) in [6, 6.07) is 0. The predicted molar refractivity (Wildman–Crippen MR) is 35.8 cm³/mol. The van der Waals surface area contributed by atoms with Gasteiger partial charge in [-0.05, 0) is 0 Å². The fourth-order valence-electron chi connectivity index (χ4n) is 0.782. The van der Waals surface area contributed by atoms with Gasteiger partial charge in [-0.3, -0.25) is 0 Å². The van der Waals surface area contributed by atoms with Gasteiger partial charge in [-0.1, -0.05) is 23.2 Å². The fraction of sp³-hybridized carbons (Fsp3) is 1.00. The second-order valence-electron chi connectivity index (χ2n) is 1.95. The Bertz CT molecular complexity index is 105. The molecule has 0 spiro atoms. The van der Waals surface area contributed by atoms with E-state index in [4.69, 9.17) is 32.7 Å². The van der Waals surface area contributed by atoms with E-state index in [2.05, 4.69) is 0 Å². The molecule has 0 bridgehead atoms. The number of ether oxygens (including phenoxy) is 2. The Morgan fingerprint density at radius 1 is 1.67 bits per heavy atom. The molecule has 1 atom stereocenters. The van der Waals surface area contributed by atoms with Crippen molar-refractivity contribution in [3.05, 3.63) is 0 Å². The quantitative estimate of drug-likeness (QED) is 0.557. The molecule has 1 aliphatic rings. The Balaban J connectivity index is 2.52. The number of methoxy groups -OCH3 is 1. The first kappa shape index (κ1) is 7.61. The van der Waals surface area contributed by atoms with E-state index in [-0.39, 0.29) is 0 Å². The van der Waals surface area contributed by atoms with Crippen molar-refractivity contribution in [3.63, 3.8) is 0 Å². The molecule has 0 aromatic heterocycles. The van der Waals surface area contributed by atoms with Crippen LogP contribution in [0.25, 0.3) is 0 Å². The summed E-state index contributed by atoms with van der Waals surface area (Å²) >= 11 is 11.5. The monoisotopic (exact) mass is 170 g/mol. The largest absolute Gasteiger partial charge is 0.353 e. The van der Waals surface area contributed by atoms with Gasteiger partial charge in [-0.2, -0.15) is 0 Å². The summed E-state index contributed by atoms with van der Waals surface area (Å²) in [4.78, 5) is 0. The Kier molecular flexibility index (Phi) is 2.22. The molecule has 1 saturated heterocycles. The van der Waals surface area contributed by atoms with E-state index in [1.807, 2.05) is 0 Å². The molecule has 0 unspecified atom stereocenters. The van der Waals surface area contributed by atoms with Crippen molar-refractivity contribution in [1.29, 1.82) is 0 Å². The molecule has 1 rings (SSSR count). The summed E-state index contributed by atoms with van der Waals surface area (Å²) in [5.74, 6) is 0. The van der Waals surface area contributed by atoms with E-state index in [1.165, 1.54) is 7.11 Å². The molecule has 2 nitrogen and oxygen atoms in total. The van der Waals surface area contributed by atoms with Gasteiger partial charge in [-0.15, -0.1) is 0 Å². The molecule has 0 radical (unpaired) electrons. The van der Waals surface area contributed by atoms with E-state index in [1.54, 1.807) is 0 Å². The minimum absolute atomic E-state index is 0.458. The summed E-state index contributed by atoms with van der Waals surface area (Å²) in [6.07, 6.45) is 0.176. The van der Waals surface area contributed by atoms with Crippen molar-refractivity contribution in [2.75, 3.05) is 13.7 Å². The molecule has 0 aromatic carbocycles. The summed E-state index contributed by atoms with van der Waals surface area (Å²) in [5.41, 5.74) is 0. The maximum atomic E-state index is 5.75. The average molecular weight is 171 g/mol. The zero-order chi connectivity index (χ0) is 6.91. The second-order valence-corrected chi connectivity index (χ2v) is 3.49. The minimum atomic E-state index is -0.839. The Hall–Kier alpha value is 0.500. The summed E-state index contributed by atoms with van der Waals surface area (Å²) in [5, 5.41) is 0. The van der Waals surface area contributed by atoms with Crippen molar-refractivity contribution >= 4 is 23.2 Å². The molecule has 0 saturated carbocycles. The lowest BCUT2D eigenvalue weighted by Crippen LogP contribution is -2.27. The molecular weight excluding hydrogens is 163 g/mol. The fourth-order valence-corrected chi connectivity index (χ4v) is 1.24. The lowest BCUT2D eigenvalue weighted by atomic mass is 10.3. The van der Waals surface area contributed by atoms with Crippen LogP contribution in [0.5, 0.6) is 0 Å². The summed E-state index contributed by atoms with van der Waals surface area (Å²) < 4.78 is 9.03. The molecule has 0 aliphatic carbocycles. The maximum absolute atomic E-state index is 5.75. The van der Waals surface area contributed by atoms with Crippen LogP contribution in [-0.2, 0) is 9.47 Å². The van der Waals surface area contributed by atoms with Crippen LogP contribution in [0, 0.1) is 0 Å². The highest BCUT2D eigenvalue weighted by molar-refractivity contribution is 6.48. The summed E-state index contributed by atoms with van der Waals surface area (Å²) in [6.45, 7) is 0.575. The van der Waals surface area contributed by atoms with Crippen LogP contribution in [0.4, 0.5) is 0 Å².